The normalized spacial score (nSPS) is 11.9. The molecule has 0 aliphatic rings. The zero-order chi connectivity index (χ0) is 33.7. The van der Waals surface area contributed by atoms with Gasteiger partial charge in [0.2, 0.25) is 0 Å². The van der Waals surface area contributed by atoms with Crippen LogP contribution >= 0.6 is 0 Å². The Morgan fingerprint density at radius 1 is 1.07 bits per heavy atom. The smallest absolute Gasteiger partial charge is 0.258 e. The number of carbonyl (C=O) groups excluding carboxylic acids is 2. The molecule has 4 aromatic rings. The average Bonchev–Trinajstić information content (AvgIpc) is 3.38. The number of aliphatic hydroxyl groups excluding tert-OH is 2. The van der Waals surface area contributed by atoms with Crippen LogP contribution in [0.4, 0.5) is 0 Å². The van der Waals surface area contributed by atoms with Gasteiger partial charge in [-0.25, -0.2) is 0 Å². The van der Waals surface area contributed by atoms with Crippen LogP contribution in [0.3, 0.4) is 0 Å². The van der Waals surface area contributed by atoms with E-state index in [0.29, 0.717) is 43.1 Å². The molecule has 0 bridgehead atoms. The fraction of sp³-hybridized carbons (Fsp3) is 0.400. The number of nitrogens with two attached hydrogens (primary N) is 1. The van der Waals surface area contributed by atoms with Crippen LogP contribution in [0.15, 0.2) is 60.7 Å². The number of fused-ring (bicyclic) bond motifs is 3. The van der Waals surface area contributed by atoms with Crippen LogP contribution in [0.5, 0.6) is 11.5 Å². The Labute approximate surface area is 270 Å². The molecule has 11 heteroatoms. The number of aldehydes is 1. The van der Waals surface area contributed by atoms with E-state index in [0.717, 1.165) is 39.2 Å². The largest absolute Gasteiger partial charge is 0.490 e. The minimum atomic E-state index is -0.791. The molecule has 248 valence electrons. The maximum atomic E-state index is 12.5. The van der Waals surface area contributed by atoms with Gasteiger partial charge in [0.05, 0.1) is 12.1 Å². The molecule has 1 atom stereocenters. The number of β-amino-alcohol motifs (C(OH)–C–C–N with tert-alkyl or cyclic N) is 1. The number of nitrogens with one attached hydrogen (secondary N) is 3. The topological polar surface area (TPSA) is 172 Å². The molecule has 46 heavy (non-hydrogen) atoms. The van der Waals surface area contributed by atoms with Crippen LogP contribution in [0.25, 0.3) is 21.8 Å². The fourth-order valence-electron chi connectivity index (χ4n) is 5.09. The van der Waals surface area contributed by atoms with Gasteiger partial charge in [-0.1, -0.05) is 24.3 Å². The van der Waals surface area contributed by atoms with Gasteiger partial charge in [-0.15, -0.1) is 0 Å². The second-order valence-electron chi connectivity index (χ2n) is 11.5. The summed E-state index contributed by atoms with van der Waals surface area (Å²) in [5.41, 5.74) is 7.89. The molecule has 1 aromatic heterocycles. The van der Waals surface area contributed by atoms with Crippen molar-refractivity contribution < 1.29 is 29.3 Å². The van der Waals surface area contributed by atoms with E-state index in [1.54, 1.807) is 12.1 Å². The fourth-order valence-corrected chi connectivity index (χ4v) is 5.09. The van der Waals surface area contributed by atoms with Crippen molar-refractivity contribution in [3.63, 3.8) is 0 Å². The van der Waals surface area contributed by atoms with Gasteiger partial charge in [-0.05, 0) is 81.8 Å². The van der Waals surface area contributed by atoms with Crippen molar-refractivity contribution in [2.75, 3.05) is 40.0 Å². The summed E-state index contributed by atoms with van der Waals surface area (Å²) in [5.74, 6) is 0.947. The molecule has 4 rings (SSSR count). The van der Waals surface area contributed by atoms with Crippen molar-refractivity contribution in [1.29, 1.82) is 5.41 Å². The summed E-state index contributed by atoms with van der Waals surface area (Å²) in [7, 11) is 1.50. The third kappa shape index (κ3) is 9.60. The molecule has 0 spiro atoms. The second-order valence-corrected chi connectivity index (χ2v) is 11.5. The average molecular weight is 634 g/mol. The van der Waals surface area contributed by atoms with Crippen LogP contribution in [0.2, 0.25) is 0 Å². The van der Waals surface area contributed by atoms with E-state index in [4.69, 9.17) is 14.9 Å². The number of hydrogen-bond acceptors (Lipinski definition) is 9. The van der Waals surface area contributed by atoms with Gasteiger partial charge in [0.15, 0.2) is 6.61 Å². The Morgan fingerprint density at radius 2 is 1.80 bits per heavy atom. The monoisotopic (exact) mass is 633 g/mol. The molecule has 0 fully saturated rings. The van der Waals surface area contributed by atoms with Crippen LogP contribution in [-0.2, 0) is 16.1 Å². The molecule has 1 amide bonds. The third-order valence-electron chi connectivity index (χ3n) is 7.45. The van der Waals surface area contributed by atoms with E-state index in [-0.39, 0.29) is 32.3 Å². The summed E-state index contributed by atoms with van der Waals surface area (Å²) in [6, 6.07) is 19.1. The lowest BCUT2D eigenvalue weighted by atomic mass is 10.0. The molecule has 11 nitrogen and oxygen atoms in total. The lowest BCUT2D eigenvalue weighted by Gasteiger charge is -2.28. The van der Waals surface area contributed by atoms with Gasteiger partial charge in [0, 0.05) is 53.6 Å². The Hall–Kier alpha value is -4.29. The van der Waals surface area contributed by atoms with Crippen LogP contribution in [0, 0.1) is 12.3 Å². The van der Waals surface area contributed by atoms with Crippen molar-refractivity contribution in [3.8, 4) is 11.5 Å². The summed E-state index contributed by atoms with van der Waals surface area (Å²) in [5, 5.41) is 36.5. The first-order valence-electron chi connectivity index (χ1n) is 15.4. The molecule has 0 aliphatic heterocycles. The number of benzene rings is 3. The van der Waals surface area contributed by atoms with Crippen molar-refractivity contribution in [2.45, 2.75) is 51.8 Å². The van der Waals surface area contributed by atoms with Crippen LogP contribution in [0.1, 0.15) is 37.8 Å². The van der Waals surface area contributed by atoms with E-state index in [1.807, 2.05) is 69.3 Å². The standard InChI is InChI=1S/C34H42N4O6.CH5N/c1-23-18-24(27(35)9-7-16-39)13-14-30(23)44-21-32(42)36-22-34(2,3)37-19-25(41)20-43-31-12-6-11-29-33(31)26-8-4-5-10-28(26)38(29)15-17-40;1-2/h4-6,8,10-14,16,18,25,35,37,40-41H,7,9,15,17,19-22H2,1-3H3,(H,36,42);2H2,1H3. The first kappa shape index (κ1) is 36.2. The SMILES string of the molecule is CN.Cc1cc(C(=N)CCC=O)ccc1OCC(=O)NCC(C)(C)NCC(O)COc1cccc2c1c1ccccc1n2CCO. The van der Waals surface area contributed by atoms with E-state index in [9.17, 15) is 19.8 Å². The highest BCUT2D eigenvalue weighted by Gasteiger charge is 2.21. The second kappa shape index (κ2) is 17.4. The summed E-state index contributed by atoms with van der Waals surface area (Å²) in [4.78, 5) is 23.1. The molecule has 3 aromatic carbocycles. The number of aromatic nitrogens is 1. The molecule has 0 saturated carbocycles. The summed E-state index contributed by atoms with van der Waals surface area (Å²) < 4.78 is 13.9. The number of carbonyl (C=O) groups is 2. The van der Waals surface area contributed by atoms with Crippen LogP contribution < -0.4 is 25.8 Å². The molecule has 1 unspecified atom stereocenters. The summed E-state index contributed by atoms with van der Waals surface area (Å²) in [6.07, 6.45) is 0.703. The minimum Gasteiger partial charge on any atom is -0.490 e. The highest BCUT2D eigenvalue weighted by Crippen LogP contribution is 2.35. The minimum absolute atomic E-state index is 0.0257. The zero-order valence-electron chi connectivity index (χ0n) is 27.1. The van der Waals surface area contributed by atoms with Gasteiger partial charge in [0.25, 0.3) is 5.91 Å². The van der Waals surface area contributed by atoms with Gasteiger partial charge in [-0.3, -0.25) is 4.79 Å². The maximum Gasteiger partial charge on any atom is 0.258 e. The Morgan fingerprint density at radius 3 is 2.52 bits per heavy atom. The lowest BCUT2D eigenvalue weighted by molar-refractivity contribution is -0.123. The number of aryl methyl sites for hydroxylation is 1. The summed E-state index contributed by atoms with van der Waals surface area (Å²) >= 11 is 0. The Kier molecular flexibility index (Phi) is 13.7. The van der Waals surface area contributed by atoms with E-state index >= 15 is 0 Å². The number of rotatable bonds is 17. The summed E-state index contributed by atoms with van der Waals surface area (Å²) in [6.45, 7) is 6.71. The number of ether oxygens (including phenoxy) is 2. The quantitative estimate of drug-likeness (QED) is 0.0759. The first-order chi connectivity index (χ1) is 22.1. The molecule has 0 saturated heterocycles. The lowest BCUT2D eigenvalue weighted by Crippen LogP contribution is -2.52. The third-order valence-corrected chi connectivity index (χ3v) is 7.45. The molecular formula is C35H47N5O6. The highest BCUT2D eigenvalue weighted by molar-refractivity contribution is 6.11. The number of aliphatic hydroxyl groups is 2. The highest BCUT2D eigenvalue weighted by atomic mass is 16.5. The van der Waals surface area contributed by atoms with Crippen molar-refractivity contribution in [1.82, 2.24) is 15.2 Å². The van der Waals surface area contributed by atoms with Crippen molar-refractivity contribution in [2.24, 2.45) is 5.73 Å². The predicted octanol–water partition coefficient (Wildman–Crippen LogP) is 3.32. The number of nitrogens with zero attached hydrogens (tertiary/aromatic N) is 1. The molecule has 1 heterocycles. The Bertz CT molecular complexity index is 1620. The molecule has 0 radical (unpaired) electrons. The van der Waals surface area contributed by atoms with Gasteiger partial charge in [-0.2, -0.15) is 0 Å². The molecule has 7 N–H and O–H groups in total. The number of para-hydroxylation sites is 1. The number of amides is 1. The Balaban J connectivity index is 0.00000282. The van der Waals surface area contributed by atoms with Gasteiger partial charge < -0.3 is 50.8 Å². The van der Waals surface area contributed by atoms with Gasteiger partial charge >= 0.3 is 0 Å². The van der Waals surface area contributed by atoms with Crippen molar-refractivity contribution >= 4 is 39.7 Å². The molecular weight excluding hydrogens is 586 g/mol. The first-order valence-corrected chi connectivity index (χ1v) is 15.4. The number of hydrogen-bond donors (Lipinski definition) is 6. The van der Waals surface area contributed by atoms with Crippen LogP contribution in [-0.4, -0.2) is 84.3 Å². The molecule has 0 aliphatic carbocycles. The van der Waals surface area contributed by atoms with E-state index in [1.165, 1.54) is 7.05 Å². The predicted molar refractivity (Wildman–Crippen MR) is 182 cm³/mol. The van der Waals surface area contributed by atoms with Gasteiger partial charge in [0.1, 0.15) is 30.5 Å². The zero-order valence-corrected chi connectivity index (χ0v) is 27.1. The maximum absolute atomic E-state index is 12.5. The van der Waals surface area contributed by atoms with E-state index in [2.05, 4.69) is 20.9 Å². The van der Waals surface area contributed by atoms with Crippen molar-refractivity contribution in [3.05, 3.63) is 71.8 Å². The van der Waals surface area contributed by atoms with E-state index < -0.39 is 11.6 Å².